The van der Waals surface area contributed by atoms with Gasteiger partial charge in [-0.05, 0) is 46.1 Å². The first-order chi connectivity index (χ1) is 11.6. The van der Waals surface area contributed by atoms with Gasteiger partial charge in [-0.3, -0.25) is 0 Å². The Balaban J connectivity index is 3.05. The van der Waals surface area contributed by atoms with Crippen molar-refractivity contribution in [3.05, 3.63) is 27.7 Å². The number of hydrogen-bond donors (Lipinski definition) is 0. The van der Waals surface area contributed by atoms with Crippen LogP contribution in [-0.4, -0.2) is 40.0 Å². The molecule has 0 aliphatic carbocycles. The molecule has 24 heavy (non-hydrogen) atoms. The molecule has 0 unspecified atom stereocenters. The van der Waals surface area contributed by atoms with Crippen LogP contribution in [0.15, 0.2) is 22.2 Å². The van der Waals surface area contributed by atoms with Crippen molar-refractivity contribution in [1.82, 2.24) is 0 Å². The largest absolute Gasteiger partial charge is 0.493 e. The van der Waals surface area contributed by atoms with Crippen LogP contribution in [-0.2, 0) is 14.3 Å². The minimum Gasteiger partial charge on any atom is -0.493 e. The Hall–Kier alpha value is -2.04. The standard InChI is InChI=1S/C17H20BrNO5/c1-4-5-23-16-14(18)9-12(10-15(16)22-3)8-13(11-19)17(20)24-7-6-21-2/h8-10H,4-7H2,1-3H3/b13-8+. The summed E-state index contributed by atoms with van der Waals surface area (Å²) in [5.74, 6) is 0.391. The molecular formula is C17H20BrNO5. The highest BCUT2D eigenvalue weighted by molar-refractivity contribution is 9.10. The lowest BCUT2D eigenvalue weighted by Gasteiger charge is -2.13. The third kappa shape index (κ3) is 5.87. The van der Waals surface area contributed by atoms with E-state index in [0.717, 1.165) is 6.42 Å². The van der Waals surface area contributed by atoms with Gasteiger partial charge in [0.1, 0.15) is 18.2 Å². The summed E-state index contributed by atoms with van der Waals surface area (Å²) in [6, 6.07) is 5.27. The fourth-order valence-corrected chi connectivity index (χ4v) is 2.34. The number of hydrogen-bond acceptors (Lipinski definition) is 6. The maximum absolute atomic E-state index is 11.9. The highest BCUT2D eigenvalue weighted by atomic mass is 79.9. The van der Waals surface area contributed by atoms with Gasteiger partial charge in [0.15, 0.2) is 11.5 Å². The molecule has 7 heteroatoms. The van der Waals surface area contributed by atoms with E-state index < -0.39 is 5.97 Å². The van der Waals surface area contributed by atoms with Crippen LogP contribution in [0, 0.1) is 11.3 Å². The van der Waals surface area contributed by atoms with Crippen molar-refractivity contribution in [2.75, 3.05) is 34.0 Å². The summed E-state index contributed by atoms with van der Waals surface area (Å²) in [6.45, 7) is 2.92. The van der Waals surface area contributed by atoms with Crippen molar-refractivity contribution in [2.45, 2.75) is 13.3 Å². The number of nitrogens with zero attached hydrogens (tertiary/aromatic N) is 1. The van der Waals surface area contributed by atoms with Crippen LogP contribution in [0.4, 0.5) is 0 Å². The third-order valence-electron chi connectivity index (χ3n) is 2.87. The number of nitriles is 1. The Morgan fingerprint density at radius 3 is 2.62 bits per heavy atom. The fraction of sp³-hybridized carbons (Fsp3) is 0.412. The van der Waals surface area contributed by atoms with E-state index in [1.165, 1.54) is 20.3 Å². The van der Waals surface area contributed by atoms with Crippen molar-refractivity contribution in [3.63, 3.8) is 0 Å². The molecule has 0 saturated carbocycles. The van der Waals surface area contributed by atoms with Gasteiger partial charge >= 0.3 is 5.97 Å². The number of carbonyl (C=O) groups excluding carboxylic acids is 1. The zero-order chi connectivity index (χ0) is 17.9. The molecule has 0 aliphatic heterocycles. The van der Waals surface area contributed by atoms with Gasteiger partial charge in [-0.15, -0.1) is 0 Å². The molecule has 1 rings (SSSR count). The van der Waals surface area contributed by atoms with E-state index in [1.807, 2.05) is 13.0 Å². The number of halogens is 1. The molecule has 130 valence electrons. The molecule has 6 nitrogen and oxygen atoms in total. The lowest BCUT2D eigenvalue weighted by atomic mass is 10.1. The summed E-state index contributed by atoms with van der Waals surface area (Å²) >= 11 is 3.42. The molecule has 1 aromatic carbocycles. The van der Waals surface area contributed by atoms with E-state index in [-0.39, 0.29) is 18.8 Å². The van der Waals surface area contributed by atoms with Crippen LogP contribution in [0.5, 0.6) is 11.5 Å². The van der Waals surface area contributed by atoms with Crippen molar-refractivity contribution in [2.24, 2.45) is 0 Å². The molecule has 0 spiro atoms. The smallest absolute Gasteiger partial charge is 0.348 e. The van der Waals surface area contributed by atoms with E-state index in [1.54, 1.807) is 12.1 Å². The molecule has 0 saturated heterocycles. The summed E-state index contributed by atoms with van der Waals surface area (Å²) in [4.78, 5) is 11.9. The molecule has 0 bridgehead atoms. The average Bonchev–Trinajstić information content (AvgIpc) is 2.58. The van der Waals surface area contributed by atoms with Gasteiger partial charge in [-0.1, -0.05) is 6.92 Å². The number of benzene rings is 1. The van der Waals surface area contributed by atoms with Crippen molar-refractivity contribution in [1.29, 1.82) is 5.26 Å². The molecular weight excluding hydrogens is 378 g/mol. The van der Waals surface area contributed by atoms with E-state index in [0.29, 0.717) is 28.1 Å². The van der Waals surface area contributed by atoms with Crippen LogP contribution < -0.4 is 9.47 Å². The second-order valence-electron chi connectivity index (χ2n) is 4.68. The van der Waals surface area contributed by atoms with Gasteiger partial charge in [-0.25, -0.2) is 4.79 Å². The molecule has 0 radical (unpaired) electrons. The van der Waals surface area contributed by atoms with Crippen LogP contribution in [0.3, 0.4) is 0 Å². The van der Waals surface area contributed by atoms with Gasteiger partial charge in [0.25, 0.3) is 0 Å². The van der Waals surface area contributed by atoms with Crippen LogP contribution in [0.2, 0.25) is 0 Å². The Bertz CT molecular complexity index is 637. The predicted molar refractivity (Wildman–Crippen MR) is 92.9 cm³/mol. The highest BCUT2D eigenvalue weighted by Gasteiger charge is 2.14. The Labute approximate surface area is 150 Å². The molecule has 0 fully saturated rings. The first-order valence-corrected chi connectivity index (χ1v) is 8.14. The van der Waals surface area contributed by atoms with E-state index >= 15 is 0 Å². The average molecular weight is 398 g/mol. The quantitative estimate of drug-likeness (QED) is 0.275. The maximum Gasteiger partial charge on any atom is 0.348 e. The summed E-state index contributed by atoms with van der Waals surface area (Å²) < 4.78 is 21.4. The molecule has 0 N–H and O–H groups in total. The molecule has 0 aliphatic rings. The van der Waals surface area contributed by atoms with Crippen molar-refractivity contribution in [3.8, 4) is 17.6 Å². The first-order valence-electron chi connectivity index (χ1n) is 7.35. The molecule has 0 heterocycles. The number of carbonyl (C=O) groups is 1. The second-order valence-corrected chi connectivity index (χ2v) is 5.54. The number of rotatable bonds is 9. The zero-order valence-electron chi connectivity index (χ0n) is 13.9. The summed E-state index contributed by atoms with van der Waals surface area (Å²) in [5.41, 5.74) is 0.505. The van der Waals surface area contributed by atoms with Crippen LogP contribution in [0.1, 0.15) is 18.9 Å². The lowest BCUT2D eigenvalue weighted by molar-refractivity contribution is -0.139. The monoisotopic (exact) mass is 397 g/mol. The summed E-state index contributed by atoms with van der Waals surface area (Å²) in [7, 11) is 3.03. The zero-order valence-corrected chi connectivity index (χ0v) is 15.5. The lowest BCUT2D eigenvalue weighted by Crippen LogP contribution is -2.11. The van der Waals surface area contributed by atoms with Crippen molar-refractivity contribution < 1.29 is 23.7 Å². The summed E-state index contributed by atoms with van der Waals surface area (Å²) in [6.07, 6.45) is 2.30. The van der Waals surface area contributed by atoms with Gasteiger partial charge in [0.2, 0.25) is 0 Å². The highest BCUT2D eigenvalue weighted by Crippen LogP contribution is 2.37. The number of methoxy groups -OCH3 is 2. The van der Waals surface area contributed by atoms with Gasteiger partial charge in [-0.2, -0.15) is 5.26 Å². The number of ether oxygens (including phenoxy) is 4. The summed E-state index contributed by atoms with van der Waals surface area (Å²) in [5, 5.41) is 9.16. The molecule has 1 aromatic rings. The molecule has 0 aromatic heterocycles. The molecule has 0 atom stereocenters. The Kier molecular flexibility index (Phi) is 8.90. The fourth-order valence-electron chi connectivity index (χ4n) is 1.77. The second kappa shape index (κ2) is 10.7. The topological polar surface area (TPSA) is 77.8 Å². The minimum atomic E-state index is -0.698. The van der Waals surface area contributed by atoms with Crippen LogP contribution in [0.25, 0.3) is 6.08 Å². The Morgan fingerprint density at radius 2 is 2.04 bits per heavy atom. The van der Waals surface area contributed by atoms with Crippen molar-refractivity contribution >= 4 is 28.0 Å². The van der Waals surface area contributed by atoms with Gasteiger partial charge in [0, 0.05) is 7.11 Å². The van der Waals surface area contributed by atoms with E-state index in [2.05, 4.69) is 15.9 Å². The van der Waals surface area contributed by atoms with E-state index in [9.17, 15) is 4.79 Å². The third-order valence-corrected chi connectivity index (χ3v) is 3.46. The predicted octanol–water partition coefficient (Wildman–Crippen LogP) is 3.34. The molecule has 0 amide bonds. The van der Waals surface area contributed by atoms with E-state index in [4.69, 9.17) is 24.2 Å². The van der Waals surface area contributed by atoms with Gasteiger partial charge in [0.05, 0.1) is 24.8 Å². The number of esters is 1. The van der Waals surface area contributed by atoms with Gasteiger partial charge < -0.3 is 18.9 Å². The maximum atomic E-state index is 11.9. The normalized spacial score (nSPS) is 10.9. The Morgan fingerprint density at radius 1 is 1.29 bits per heavy atom. The van der Waals surface area contributed by atoms with Crippen LogP contribution >= 0.6 is 15.9 Å². The first kappa shape index (κ1) is 20.0. The SMILES string of the molecule is CCCOc1c(Br)cc(/C=C(\C#N)C(=O)OCCOC)cc1OC. The minimum absolute atomic E-state index is 0.0885.